The summed E-state index contributed by atoms with van der Waals surface area (Å²) in [6.45, 7) is 11.5. The lowest BCUT2D eigenvalue weighted by atomic mass is 9.98. The Labute approximate surface area is 151 Å². The molecule has 0 fully saturated rings. The molecule has 1 heterocycles. The summed E-state index contributed by atoms with van der Waals surface area (Å²) in [5.74, 6) is 0.857. The third kappa shape index (κ3) is 5.31. The zero-order valence-electron chi connectivity index (χ0n) is 15.9. The standard InChI is InChI=1S/C21H29N3O/c1-14(2)9-10-23-18-11-17(12-22-13-18)21(25)24-20-16(5)7-6-8-19(20)15(3)4/h6-8,11-15,23H,9-10H2,1-5H3,(H,24,25). The number of carbonyl (C=O) groups excluding carboxylic acids is 1. The van der Waals surface area contributed by atoms with Gasteiger partial charge in [-0.2, -0.15) is 0 Å². The SMILES string of the molecule is Cc1cccc(C(C)C)c1NC(=O)c1cncc(NCCC(C)C)c1. The second-order valence-electron chi connectivity index (χ2n) is 7.22. The smallest absolute Gasteiger partial charge is 0.257 e. The molecule has 4 heteroatoms. The lowest BCUT2D eigenvalue weighted by Gasteiger charge is -2.16. The molecule has 0 saturated heterocycles. The third-order valence-corrected chi connectivity index (χ3v) is 4.22. The van der Waals surface area contributed by atoms with Crippen molar-refractivity contribution in [2.75, 3.05) is 17.2 Å². The minimum Gasteiger partial charge on any atom is -0.384 e. The molecule has 25 heavy (non-hydrogen) atoms. The van der Waals surface area contributed by atoms with Crippen LogP contribution in [0.15, 0.2) is 36.7 Å². The Bertz CT molecular complexity index is 723. The Morgan fingerprint density at radius 3 is 2.60 bits per heavy atom. The molecule has 0 saturated carbocycles. The second-order valence-corrected chi connectivity index (χ2v) is 7.22. The van der Waals surface area contributed by atoms with Gasteiger partial charge in [-0.15, -0.1) is 0 Å². The van der Waals surface area contributed by atoms with Gasteiger partial charge in [-0.25, -0.2) is 0 Å². The van der Waals surface area contributed by atoms with Crippen molar-refractivity contribution in [1.82, 2.24) is 4.98 Å². The number of carbonyl (C=O) groups is 1. The van der Waals surface area contributed by atoms with Gasteiger partial charge in [0.2, 0.25) is 0 Å². The van der Waals surface area contributed by atoms with E-state index in [1.54, 1.807) is 12.4 Å². The fraction of sp³-hybridized carbons (Fsp3) is 0.429. The number of pyridine rings is 1. The van der Waals surface area contributed by atoms with Crippen LogP contribution >= 0.6 is 0 Å². The van der Waals surface area contributed by atoms with Crippen LogP contribution < -0.4 is 10.6 Å². The minimum absolute atomic E-state index is 0.129. The van der Waals surface area contributed by atoms with Crippen molar-refractivity contribution in [3.05, 3.63) is 53.3 Å². The molecule has 1 amide bonds. The van der Waals surface area contributed by atoms with Crippen LogP contribution in [0.2, 0.25) is 0 Å². The number of rotatable bonds is 7. The van der Waals surface area contributed by atoms with Crippen LogP contribution in [-0.2, 0) is 0 Å². The zero-order valence-corrected chi connectivity index (χ0v) is 15.9. The van der Waals surface area contributed by atoms with Crippen molar-refractivity contribution >= 4 is 17.3 Å². The van der Waals surface area contributed by atoms with Gasteiger partial charge in [0.25, 0.3) is 5.91 Å². The molecule has 0 spiro atoms. The zero-order chi connectivity index (χ0) is 18.4. The van der Waals surface area contributed by atoms with Crippen molar-refractivity contribution < 1.29 is 4.79 Å². The molecular formula is C21H29N3O. The average Bonchev–Trinajstić information content (AvgIpc) is 2.56. The summed E-state index contributed by atoms with van der Waals surface area (Å²) >= 11 is 0. The molecule has 4 nitrogen and oxygen atoms in total. The maximum atomic E-state index is 12.7. The van der Waals surface area contributed by atoms with E-state index in [1.807, 2.05) is 25.1 Å². The van der Waals surface area contributed by atoms with Crippen LogP contribution in [0, 0.1) is 12.8 Å². The van der Waals surface area contributed by atoms with Crippen molar-refractivity contribution in [2.45, 2.75) is 47.0 Å². The van der Waals surface area contributed by atoms with Crippen LogP contribution in [-0.4, -0.2) is 17.4 Å². The van der Waals surface area contributed by atoms with Crippen molar-refractivity contribution in [2.24, 2.45) is 5.92 Å². The molecule has 0 radical (unpaired) electrons. The number of nitrogens with zero attached hydrogens (tertiary/aromatic N) is 1. The molecule has 0 aliphatic rings. The number of anilines is 2. The predicted molar refractivity (Wildman–Crippen MR) is 105 cm³/mol. The van der Waals surface area contributed by atoms with Gasteiger partial charge in [0.1, 0.15) is 0 Å². The summed E-state index contributed by atoms with van der Waals surface area (Å²) in [4.78, 5) is 16.9. The summed E-state index contributed by atoms with van der Waals surface area (Å²) < 4.78 is 0. The van der Waals surface area contributed by atoms with Crippen molar-refractivity contribution in [3.63, 3.8) is 0 Å². The fourth-order valence-electron chi connectivity index (χ4n) is 2.69. The summed E-state index contributed by atoms with van der Waals surface area (Å²) in [7, 11) is 0. The van der Waals surface area contributed by atoms with E-state index in [0.29, 0.717) is 17.4 Å². The second kappa shape index (κ2) is 8.65. The molecule has 0 bridgehead atoms. The summed E-state index contributed by atoms with van der Waals surface area (Å²) in [5.41, 5.74) is 4.56. The van der Waals surface area contributed by atoms with Gasteiger partial charge < -0.3 is 10.6 Å². The van der Waals surface area contributed by atoms with Crippen LogP contribution in [0.25, 0.3) is 0 Å². The Morgan fingerprint density at radius 2 is 1.92 bits per heavy atom. The van der Waals surface area contributed by atoms with E-state index in [9.17, 15) is 4.79 Å². The maximum Gasteiger partial charge on any atom is 0.257 e. The van der Waals surface area contributed by atoms with Crippen LogP contribution in [0.5, 0.6) is 0 Å². The Morgan fingerprint density at radius 1 is 1.16 bits per heavy atom. The number of para-hydroxylation sites is 1. The van der Waals surface area contributed by atoms with Crippen molar-refractivity contribution in [3.8, 4) is 0 Å². The minimum atomic E-state index is -0.129. The van der Waals surface area contributed by atoms with E-state index in [4.69, 9.17) is 0 Å². The van der Waals surface area contributed by atoms with Gasteiger partial charge in [0.15, 0.2) is 0 Å². The predicted octanol–water partition coefficient (Wildman–Crippen LogP) is 5.22. The van der Waals surface area contributed by atoms with Crippen LogP contribution in [0.1, 0.15) is 61.5 Å². The van der Waals surface area contributed by atoms with E-state index in [1.165, 1.54) is 0 Å². The first-order valence-electron chi connectivity index (χ1n) is 8.98. The molecule has 0 aliphatic carbocycles. The van der Waals surface area contributed by atoms with E-state index in [-0.39, 0.29) is 5.91 Å². The molecule has 2 N–H and O–H groups in total. The lowest BCUT2D eigenvalue weighted by molar-refractivity contribution is 0.102. The maximum absolute atomic E-state index is 12.7. The van der Waals surface area contributed by atoms with Crippen LogP contribution in [0.3, 0.4) is 0 Å². The Balaban J connectivity index is 2.14. The number of hydrogen-bond donors (Lipinski definition) is 2. The Kier molecular flexibility index (Phi) is 6.57. The molecule has 0 aliphatic heterocycles. The average molecular weight is 339 g/mol. The normalized spacial score (nSPS) is 11.0. The summed E-state index contributed by atoms with van der Waals surface area (Å²) in [6.07, 6.45) is 4.44. The summed E-state index contributed by atoms with van der Waals surface area (Å²) in [6, 6.07) is 7.97. The Hall–Kier alpha value is -2.36. The van der Waals surface area contributed by atoms with E-state index in [2.05, 4.69) is 49.4 Å². The molecular weight excluding hydrogens is 310 g/mol. The number of amides is 1. The lowest BCUT2D eigenvalue weighted by Crippen LogP contribution is -2.15. The van der Waals surface area contributed by atoms with E-state index >= 15 is 0 Å². The highest BCUT2D eigenvalue weighted by molar-refractivity contribution is 6.05. The fourth-order valence-corrected chi connectivity index (χ4v) is 2.69. The first-order valence-corrected chi connectivity index (χ1v) is 8.98. The first kappa shape index (κ1) is 19.0. The van der Waals surface area contributed by atoms with Crippen LogP contribution in [0.4, 0.5) is 11.4 Å². The van der Waals surface area contributed by atoms with Gasteiger partial charge in [0, 0.05) is 24.6 Å². The number of nitrogens with one attached hydrogen (secondary N) is 2. The molecule has 1 aromatic heterocycles. The third-order valence-electron chi connectivity index (χ3n) is 4.22. The highest BCUT2D eigenvalue weighted by Gasteiger charge is 2.14. The molecule has 0 unspecified atom stereocenters. The van der Waals surface area contributed by atoms with E-state index < -0.39 is 0 Å². The number of hydrogen-bond acceptors (Lipinski definition) is 3. The highest BCUT2D eigenvalue weighted by Crippen LogP contribution is 2.28. The summed E-state index contributed by atoms with van der Waals surface area (Å²) in [5, 5.41) is 6.40. The topological polar surface area (TPSA) is 54.0 Å². The van der Waals surface area contributed by atoms with Crippen molar-refractivity contribution in [1.29, 1.82) is 0 Å². The molecule has 2 aromatic rings. The molecule has 1 aromatic carbocycles. The first-order chi connectivity index (χ1) is 11.9. The van der Waals surface area contributed by atoms with Gasteiger partial charge >= 0.3 is 0 Å². The highest BCUT2D eigenvalue weighted by atomic mass is 16.1. The number of benzene rings is 1. The van der Waals surface area contributed by atoms with Gasteiger partial charge in [0.05, 0.1) is 11.3 Å². The number of aryl methyl sites for hydroxylation is 1. The largest absolute Gasteiger partial charge is 0.384 e. The number of aromatic nitrogens is 1. The van der Waals surface area contributed by atoms with Gasteiger partial charge in [-0.1, -0.05) is 45.9 Å². The van der Waals surface area contributed by atoms with Gasteiger partial charge in [-0.3, -0.25) is 9.78 Å². The monoisotopic (exact) mass is 339 g/mol. The quantitative estimate of drug-likeness (QED) is 0.727. The molecule has 134 valence electrons. The van der Waals surface area contributed by atoms with Gasteiger partial charge in [-0.05, 0) is 42.4 Å². The molecule has 2 rings (SSSR count). The van der Waals surface area contributed by atoms with E-state index in [0.717, 1.165) is 35.5 Å². The molecule has 0 atom stereocenters.